The molecular weight excluding hydrogens is 440 g/mol. The third-order valence-corrected chi connectivity index (χ3v) is 6.97. The van der Waals surface area contributed by atoms with E-state index < -0.39 is 0 Å². The third-order valence-electron chi connectivity index (χ3n) is 6.97. The van der Waals surface area contributed by atoms with Crippen LogP contribution in [-0.2, 0) is 27.2 Å². The molecule has 1 aliphatic heterocycles. The minimum absolute atomic E-state index is 0.313. The minimum atomic E-state index is -0.364. The van der Waals surface area contributed by atoms with Gasteiger partial charge in [-0.25, -0.2) is 4.79 Å². The maximum absolute atomic E-state index is 13.2. The average molecular weight is 473 g/mol. The molecule has 0 radical (unpaired) electrons. The zero-order chi connectivity index (χ0) is 24.7. The van der Waals surface area contributed by atoms with Gasteiger partial charge in [0.2, 0.25) is 5.95 Å². The van der Waals surface area contributed by atoms with Crippen molar-refractivity contribution in [2.45, 2.75) is 26.9 Å². The van der Waals surface area contributed by atoms with Crippen LogP contribution in [0.2, 0.25) is 0 Å². The number of nitrogens with zero attached hydrogens (tertiary/aromatic N) is 6. The van der Waals surface area contributed by atoms with Gasteiger partial charge in [-0.2, -0.15) is 4.98 Å². The molecule has 2 aromatic heterocycles. The van der Waals surface area contributed by atoms with Gasteiger partial charge in [-0.3, -0.25) is 23.4 Å². The van der Waals surface area contributed by atoms with Crippen molar-refractivity contribution >= 4 is 17.1 Å². The highest BCUT2D eigenvalue weighted by molar-refractivity contribution is 5.75. The Labute approximate surface area is 204 Å². The Kier molecular flexibility index (Phi) is 6.06. The Hall–Kier alpha value is -3.65. The topological polar surface area (TPSA) is 68.3 Å². The van der Waals surface area contributed by atoms with Crippen molar-refractivity contribution in [1.82, 2.24) is 23.6 Å². The van der Waals surface area contributed by atoms with E-state index in [1.165, 1.54) is 32.9 Å². The first-order chi connectivity index (χ1) is 16.8. The van der Waals surface area contributed by atoms with Crippen molar-refractivity contribution in [3.05, 3.63) is 91.6 Å². The Morgan fingerprint density at radius 2 is 1.29 bits per heavy atom. The smallest absolute Gasteiger partial charge is 0.332 e. The summed E-state index contributed by atoms with van der Waals surface area (Å²) in [4.78, 5) is 35.3. The molecule has 8 heteroatoms. The van der Waals surface area contributed by atoms with Crippen LogP contribution < -0.4 is 16.1 Å². The average Bonchev–Trinajstić information content (AvgIpc) is 3.24. The van der Waals surface area contributed by atoms with E-state index in [-0.39, 0.29) is 11.2 Å². The first-order valence-electron chi connectivity index (χ1n) is 12.1. The van der Waals surface area contributed by atoms with Gasteiger partial charge in [0.1, 0.15) is 0 Å². The van der Waals surface area contributed by atoms with E-state index in [4.69, 9.17) is 4.98 Å². The van der Waals surface area contributed by atoms with E-state index in [1.807, 2.05) is 4.57 Å². The van der Waals surface area contributed by atoms with Crippen molar-refractivity contribution in [3.8, 4) is 0 Å². The van der Waals surface area contributed by atoms with Crippen LogP contribution in [0.1, 0.15) is 22.3 Å². The second-order valence-electron chi connectivity index (χ2n) is 9.61. The molecule has 0 amide bonds. The predicted molar refractivity (Wildman–Crippen MR) is 139 cm³/mol. The summed E-state index contributed by atoms with van der Waals surface area (Å²) in [5.74, 6) is 0.744. The second kappa shape index (κ2) is 9.19. The fraction of sp³-hybridized carbons (Fsp3) is 0.370. The number of aryl methyl sites for hydroxylation is 3. The fourth-order valence-corrected chi connectivity index (χ4v) is 4.76. The van der Waals surface area contributed by atoms with E-state index in [0.29, 0.717) is 17.7 Å². The molecule has 1 saturated heterocycles. The highest BCUT2D eigenvalue weighted by atomic mass is 16.2. The van der Waals surface area contributed by atoms with Crippen LogP contribution >= 0.6 is 0 Å². The molecule has 0 spiro atoms. The number of aromatic nitrogens is 4. The quantitative estimate of drug-likeness (QED) is 0.446. The van der Waals surface area contributed by atoms with Gasteiger partial charge in [0.05, 0.1) is 6.54 Å². The lowest BCUT2D eigenvalue weighted by Crippen LogP contribution is -2.47. The highest BCUT2D eigenvalue weighted by Crippen LogP contribution is 2.23. The summed E-state index contributed by atoms with van der Waals surface area (Å²) in [5.41, 5.74) is 5.08. The molecular formula is C27H32N6O2. The number of benzene rings is 2. The first kappa shape index (κ1) is 23.1. The zero-order valence-corrected chi connectivity index (χ0v) is 20.9. The van der Waals surface area contributed by atoms with Gasteiger partial charge >= 0.3 is 5.69 Å². The number of anilines is 1. The molecule has 3 heterocycles. The van der Waals surface area contributed by atoms with Crippen molar-refractivity contribution in [3.63, 3.8) is 0 Å². The van der Waals surface area contributed by atoms with Gasteiger partial charge in [-0.15, -0.1) is 0 Å². The van der Waals surface area contributed by atoms with Crippen molar-refractivity contribution in [2.24, 2.45) is 14.1 Å². The molecule has 5 rings (SSSR count). The molecule has 1 fully saturated rings. The maximum atomic E-state index is 13.2. The summed E-state index contributed by atoms with van der Waals surface area (Å²) in [6, 6.07) is 17.0. The Balaban J connectivity index is 1.48. The SMILES string of the molecule is Cc1ccc(CN2CCN(c3nc4c(c(=O)n(C)c(=O)n4C)n3Cc3ccc(C)cc3)CC2)cc1. The number of rotatable bonds is 5. The summed E-state index contributed by atoms with van der Waals surface area (Å²) >= 11 is 0. The molecule has 0 saturated carbocycles. The molecule has 0 unspecified atom stereocenters. The van der Waals surface area contributed by atoms with Gasteiger partial charge in [0, 0.05) is 46.8 Å². The molecule has 35 heavy (non-hydrogen) atoms. The number of piperazine rings is 1. The lowest BCUT2D eigenvalue weighted by Gasteiger charge is -2.35. The van der Waals surface area contributed by atoms with E-state index in [9.17, 15) is 9.59 Å². The molecule has 0 aliphatic carbocycles. The van der Waals surface area contributed by atoms with Crippen LogP contribution in [0.5, 0.6) is 0 Å². The molecule has 4 aromatic rings. The lowest BCUT2D eigenvalue weighted by molar-refractivity contribution is 0.248. The Morgan fingerprint density at radius 3 is 1.86 bits per heavy atom. The number of imidazole rings is 1. The summed E-state index contributed by atoms with van der Waals surface area (Å²) < 4.78 is 4.62. The lowest BCUT2D eigenvalue weighted by atomic mass is 10.1. The monoisotopic (exact) mass is 472 g/mol. The van der Waals surface area contributed by atoms with Crippen LogP contribution in [0.3, 0.4) is 0 Å². The van der Waals surface area contributed by atoms with Gasteiger partial charge in [-0.1, -0.05) is 59.7 Å². The Bertz CT molecular complexity index is 1470. The summed E-state index contributed by atoms with van der Waals surface area (Å²) in [5, 5.41) is 0. The molecule has 182 valence electrons. The van der Waals surface area contributed by atoms with E-state index in [0.717, 1.165) is 44.2 Å². The van der Waals surface area contributed by atoms with Crippen LogP contribution in [-0.4, -0.2) is 49.8 Å². The number of hydrogen-bond donors (Lipinski definition) is 0. The zero-order valence-electron chi connectivity index (χ0n) is 20.9. The predicted octanol–water partition coefficient (Wildman–Crippen LogP) is 2.42. The van der Waals surface area contributed by atoms with Gasteiger partial charge in [0.15, 0.2) is 11.2 Å². The Morgan fingerprint density at radius 1 is 0.743 bits per heavy atom. The van der Waals surface area contributed by atoms with Crippen molar-refractivity contribution in [1.29, 1.82) is 0 Å². The summed E-state index contributed by atoms with van der Waals surface area (Å²) in [6.45, 7) is 9.01. The molecule has 0 N–H and O–H groups in total. The number of hydrogen-bond acceptors (Lipinski definition) is 5. The molecule has 8 nitrogen and oxygen atoms in total. The van der Waals surface area contributed by atoms with Crippen LogP contribution in [0.4, 0.5) is 5.95 Å². The van der Waals surface area contributed by atoms with Gasteiger partial charge in [-0.05, 0) is 25.0 Å². The van der Waals surface area contributed by atoms with Crippen LogP contribution in [0.15, 0.2) is 58.1 Å². The molecule has 0 bridgehead atoms. The van der Waals surface area contributed by atoms with E-state index in [1.54, 1.807) is 7.05 Å². The first-order valence-corrected chi connectivity index (χ1v) is 12.1. The standard InChI is InChI=1S/C27H32N6O2/c1-19-5-9-21(10-6-19)17-31-13-15-32(16-14-31)26-28-24-23(25(34)30(4)27(35)29(24)3)33(26)18-22-11-7-20(2)8-12-22/h5-12H,13-18H2,1-4H3. The summed E-state index contributed by atoms with van der Waals surface area (Å²) in [7, 11) is 3.20. The molecule has 1 aliphatic rings. The normalized spacial score (nSPS) is 14.7. The van der Waals surface area contributed by atoms with Gasteiger partial charge in [0.25, 0.3) is 5.56 Å². The second-order valence-corrected chi connectivity index (χ2v) is 9.61. The van der Waals surface area contributed by atoms with E-state index in [2.05, 4.69) is 72.2 Å². The molecule has 2 aromatic carbocycles. The van der Waals surface area contributed by atoms with Crippen LogP contribution in [0, 0.1) is 13.8 Å². The summed E-state index contributed by atoms with van der Waals surface area (Å²) in [6.07, 6.45) is 0. The number of fused-ring (bicyclic) bond motifs is 1. The molecule has 0 atom stereocenters. The van der Waals surface area contributed by atoms with Crippen LogP contribution in [0.25, 0.3) is 11.2 Å². The largest absolute Gasteiger partial charge is 0.340 e. The third kappa shape index (κ3) is 4.41. The maximum Gasteiger partial charge on any atom is 0.332 e. The fourth-order valence-electron chi connectivity index (χ4n) is 4.76. The van der Waals surface area contributed by atoms with E-state index >= 15 is 0 Å². The van der Waals surface area contributed by atoms with Crippen molar-refractivity contribution in [2.75, 3.05) is 31.1 Å². The van der Waals surface area contributed by atoms with Gasteiger partial charge < -0.3 is 4.90 Å². The minimum Gasteiger partial charge on any atom is -0.340 e. The van der Waals surface area contributed by atoms with Crippen molar-refractivity contribution < 1.29 is 0 Å². The highest BCUT2D eigenvalue weighted by Gasteiger charge is 2.25.